The van der Waals surface area contributed by atoms with Crippen molar-refractivity contribution in [3.63, 3.8) is 0 Å². The van der Waals surface area contributed by atoms with Crippen LogP contribution < -0.4 is 10.6 Å². The molecule has 0 atom stereocenters. The van der Waals surface area contributed by atoms with Crippen LogP contribution in [-0.2, 0) is 0 Å². The second-order valence-corrected chi connectivity index (χ2v) is 7.68. The van der Waals surface area contributed by atoms with Gasteiger partial charge in [0.15, 0.2) is 0 Å². The summed E-state index contributed by atoms with van der Waals surface area (Å²) < 4.78 is 14.6. The van der Waals surface area contributed by atoms with Crippen molar-refractivity contribution in [1.29, 1.82) is 0 Å². The van der Waals surface area contributed by atoms with Gasteiger partial charge in [-0.25, -0.2) is 4.39 Å². The van der Waals surface area contributed by atoms with Crippen LogP contribution in [0.1, 0.15) is 40.5 Å². The van der Waals surface area contributed by atoms with Crippen LogP contribution in [0, 0.1) is 5.82 Å². The standard InChI is InChI=1S/C15H22BrFN2.ClH/c1-14(2)8-11(9-15(3,4)19-14)18-13-6-5-10(16)7-12(13)17;/h5-7,11,18-19H,8-9H2,1-4H3;1H. The lowest BCUT2D eigenvalue weighted by atomic mass is 9.79. The molecule has 1 heterocycles. The molecule has 1 aromatic carbocycles. The Morgan fingerprint density at radius 2 is 1.75 bits per heavy atom. The zero-order valence-corrected chi connectivity index (χ0v) is 14.8. The molecule has 2 nitrogen and oxygen atoms in total. The van der Waals surface area contributed by atoms with Gasteiger partial charge in [0.05, 0.1) is 5.69 Å². The van der Waals surface area contributed by atoms with Crippen molar-refractivity contribution in [1.82, 2.24) is 5.32 Å². The van der Waals surface area contributed by atoms with E-state index in [9.17, 15) is 4.39 Å². The van der Waals surface area contributed by atoms with E-state index >= 15 is 0 Å². The monoisotopic (exact) mass is 364 g/mol. The molecular weight excluding hydrogens is 343 g/mol. The quantitative estimate of drug-likeness (QED) is 0.791. The Morgan fingerprint density at radius 3 is 2.25 bits per heavy atom. The molecule has 1 aliphatic rings. The van der Waals surface area contributed by atoms with Crippen LogP contribution >= 0.6 is 28.3 Å². The van der Waals surface area contributed by atoms with Crippen molar-refractivity contribution in [3.05, 3.63) is 28.5 Å². The second-order valence-electron chi connectivity index (χ2n) is 6.77. The summed E-state index contributed by atoms with van der Waals surface area (Å²) in [4.78, 5) is 0. The molecule has 0 radical (unpaired) electrons. The smallest absolute Gasteiger partial charge is 0.147 e. The van der Waals surface area contributed by atoms with Crippen LogP contribution in [-0.4, -0.2) is 17.1 Å². The van der Waals surface area contributed by atoms with Crippen molar-refractivity contribution in [2.24, 2.45) is 0 Å². The number of hydrogen-bond donors (Lipinski definition) is 2. The van der Waals surface area contributed by atoms with Gasteiger partial charge in [-0.15, -0.1) is 12.4 Å². The molecule has 1 aliphatic heterocycles. The first-order valence-corrected chi connectivity index (χ1v) is 7.47. The zero-order valence-electron chi connectivity index (χ0n) is 12.4. The molecule has 1 fully saturated rings. The predicted molar refractivity (Wildman–Crippen MR) is 89.3 cm³/mol. The maximum atomic E-state index is 13.9. The number of rotatable bonds is 2. The molecule has 0 aliphatic carbocycles. The van der Waals surface area contributed by atoms with Crippen molar-refractivity contribution in [2.45, 2.75) is 57.7 Å². The summed E-state index contributed by atoms with van der Waals surface area (Å²) in [6.07, 6.45) is 1.96. The topological polar surface area (TPSA) is 24.1 Å². The highest BCUT2D eigenvalue weighted by Gasteiger charge is 2.37. The Labute approximate surface area is 135 Å². The Balaban J connectivity index is 0.00000200. The molecule has 0 bridgehead atoms. The van der Waals surface area contributed by atoms with Gasteiger partial charge in [-0.2, -0.15) is 0 Å². The van der Waals surface area contributed by atoms with Gasteiger partial charge in [0.25, 0.3) is 0 Å². The molecule has 1 aromatic rings. The first kappa shape index (κ1) is 17.7. The van der Waals surface area contributed by atoms with E-state index in [1.165, 1.54) is 6.07 Å². The highest BCUT2D eigenvalue weighted by Crippen LogP contribution is 2.31. The Bertz CT molecular complexity index is 461. The largest absolute Gasteiger partial charge is 0.380 e. The number of hydrogen-bond acceptors (Lipinski definition) is 2. The summed E-state index contributed by atoms with van der Waals surface area (Å²) in [6, 6.07) is 5.44. The Hall–Kier alpha value is -0.320. The molecule has 0 aromatic heterocycles. The molecule has 1 saturated heterocycles. The van der Waals surface area contributed by atoms with Crippen molar-refractivity contribution in [3.8, 4) is 0 Å². The third-order valence-corrected chi connectivity index (χ3v) is 3.97. The summed E-state index contributed by atoms with van der Waals surface area (Å²) >= 11 is 3.28. The summed E-state index contributed by atoms with van der Waals surface area (Å²) in [7, 11) is 0. The zero-order chi connectivity index (χ0) is 14.3. The lowest BCUT2D eigenvalue weighted by Gasteiger charge is -2.47. The van der Waals surface area contributed by atoms with Gasteiger partial charge >= 0.3 is 0 Å². The van der Waals surface area contributed by atoms with E-state index in [4.69, 9.17) is 0 Å². The molecule has 0 amide bonds. The van der Waals surface area contributed by atoms with E-state index < -0.39 is 0 Å². The highest BCUT2D eigenvalue weighted by atomic mass is 79.9. The van der Waals surface area contributed by atoms with Gasteiger partial charge in [-0.05, 0) is 58.7 Å². The van der Waals surface area contributed by atoms with Crippen molar-refractivity contribution in [2.75, 3.05) is 5.32 Å². The Kier molecular flexibility index (Phi) is 5.50. The molecule has 0 spiro atoms. The van der Waals surface area contributed by atoms with Crippen LogP contribution in [0.2, 0.25) is 0 Å². The number of halogens is 3. The predicted octanol–water partition coefficient (Wildman–Crippen LogP) is 4.73. The van der Waals surface area contributed by atoms with Crippen molar-refractivity contribution < 1.29 is 4.39 Å². The van der Waals surface area contributed by atoms with Crippen molar-refractivity contribution >= 4 is 34.0 Å². The fourth-order valence-electron chi connectivity index (χ4n) is 3.25. The van der Waals surface area contributed by atoms with Gasteiger partial charge in [-0.1, -0.05) is 15.9 Å². The number of nitrogens with one attached hydrogen (secondary N) is 2. The minimum Gasteiger partial charge on any atom is -0.380 e. The average molecular weight is 366 g/mol. The van der Waals surface area contributed by atoms with E-state index in [1.54, 1.807) is 6.07 Å². The van der Waals surface area contributed by atoms with Gasteiger partial charge in [0, 0.05) is 21.6 Å². The summed E-state index contributed by atoms with van der Waals surface area (Å²) in [5.74, 6) is -0.205. The molecule has 0 saturated carbocycles. The van der Waals surface area contributed by atoms with E-state index in [-0.39, 0.29) is 35.3 Å². The minimum absolute atomic E-state index is 0. The first-order valence-electron chi connectivity index (χ1n) is 6.68. The fraction of sp³-hybridized carbons (Fsp3) is 0.600. The lowest BCUT2D eigenvalue weighted by molar-refractivity contribution is 0.170. The number of anilines is 1. The maximum Gasteiger partial charge on any atom is 0.147 e. The number of piperidine rings is 1. The fourth-order valence-corrected chi connectivity index (χ4v) is 3.58. The van der Waals surface area contributed by atoms with E-state index in [2.05, 4.69) is 54.3 Å². The summed E-state index contributed by atoms with van der Waals surface area (Å²) in [6.45, 7) is 8.78. The van der Waals surface area contributed by atoms with E-state index in [0.717, 1.165) is 17.3 Å². The molecule has 5 heteroatoms. The van der Waals surface area contributed by atoms with Crippen LogP contribution in [0.15, 0.2) is 22.7 Å². The van der Waals surface area contributed by atoms with Crippen LogP contribution in [0.3, 0.4) is 0 Å². The first-order chi connectivity index (χ1) is 8.67. The van der Waals surface area contributed by atoms with E-state index in [0.29, 0.717) is 5.69 Å². The lowest BCUT2D eigenvalue weighted by Crippen LogP contribution is -2.60. The molecule has 2 rings (SSSR count). The van der Waals surface area contributed by atoms with Crippen LogP contribution in [0.4, 0.5) is 10.1 Å². The normalized spacial score (nSPS) is 21.1. The number of benzene rings is 1. The summed E-state index contributed by atoms with van der Waals surface area (Å²) in [5.41, 5.74) is 0.706. The molecule has 114 valence electrons. The van der Waals surface area contributed by atoms with E-state index in [1.807, 2.05) is 6.07 Å². The highest BCUT2D eigenvalue weighted by molar-refractivity contribution is 9.10. The second kappa shape index (κ2) is 6.20. The SMILES string of the molecule is CC1(C)CC(Nc2ccc(Br)cc2F)CC(C)(C)N1.Cl. The van der Waals surface area contributed by atoms with Gasteiger partial charge < -0.3 is 10.6 Å². The average Bonchev–Trinajstić information content (AvgIpc) is 2.17. The minimum atomic E-state index is -0.205. The molecule has 0 unspecified atom stereocenters. The molecular formula is C15H23BrClFN2. The Morgan fingerprint density at radius 1 is 1.20 bits per heavy atom. The van der Waals surface area contributed by atoms with Crippen LogP contribution in [0.25, 0.3) is 0 Å². The summed E-state index contributed by atoms with van der Waals surface area (Å²) in [5, 5.41) is 6.98. The van der Waals surface area contributed by atoms with Gasteiger partial charge in [0.1, 0.15) is 5.82 Å². The molecule has 2 N–H and O–H groups in total. The molecule has 20 heavy (non-hydrogen) atoms. The van der Waals surface area contributed by atoms with Crippen LogP contribution in [0.5, 0.6) is 0 Å². The third kappa shape index (κ3) is 4.61. The van der Waals surface area contributed by atoms with Gasteiger partial charge in [0.2, 0.25) is 0 Å². The van der Waals surface area contributed by atoms with Gasteiger partial charge in [-0.3, -0.25) is 0 Å². The third-order valence-electron chi connectivity index (χ3n) is 3.48. The maximum absolute atomic E-state index is 13.9.